The number of ether oxygens (including phenoxy) is 2. The fourth-order valence-electron chi connectivity index (χ4n) is 2.04. The quantitative estimate of drug-likeness (QED) is 0.515. The molecule has 0 bridgehead atoms. The van der Waals surface area contributed by atoms with Gasteiger partial charge in [0.05, 0.1) is 6.61 Å². The molecule has 0 unspecified atom stereocenters. The lowest BCUT2D eigenvalue weighted by Gasteiger charge is -2.20. The Morgan fingerprint density at radius 3 is 2.64 bits per heavy atom. The summed E-state index contributed by atoms with van der Waals surface area (Å²) in [5.74, 6) is 0.850. The number of carbonyl (C=O) groups is 1. The molecule has 0 aromatic carbocycles. The Morgan fingerprint density at radius 2 is 2.00 bits per heavy atom. The highest BCUT2D eigenvalue weighted by molar-refractivity contribution is 5.59. The summed E-state index contributed by atoms with van der Waals surface area (Å²) < 4.78 is 8.89. The number of carbonyl (C=O) groups excluding carboxylic acids is 1. The standard InChI is InChI=1S/C11H19O3/c1-13-11(12)14-9-5-8-10-6-3-2-4-7-10/h10H,1-9H2. The fraction of sp³-hybridized carbons (Fsp3) is 0.818. The van der Waals surface area contributed by atoms with Gasteiger partial charge in [-0.15, -0.1) is 0 Å². The summed E-state index contributed by atoms with van der Waals surface area (Å²) in [6.07, 6.45) is 8.26. The normalized spacial score (nSPS) is 17.8. The van der Waals surface area contributed by atoms with Crippen molar-refractivity contribution in [3.63, 3.8) is 0 Å². The maximum absolute atomic E-state index is 10.6. The van der Waals surface area contributed by atoms with E-state index in [0.717, 1.165) is 12.3 Å². The van der Waals surface area contributed by atoms with E-state index in [1.54, 1.807) is 0 Å². The molecule has 1 fully saturated rings. The maximum Gasteiger partial charge on any atom is 0.508 e. The Labute approximate surface area is 85.8 Å². The topological polar surface area (TPSA) is 35.5 Å². The van der Waals surface area contributed by atoms with Crippen molar-refractivity contribution in [2.24, 2.45) is 5.92 Å². The molecule has 0 amide bonds. The summed E-state index contributed by atoms with van der Waals surface area (Å²) in [5.41, 5.74) is 0. The van der Waals surface area contributed by atoms with Crippen molar-refractivity contribution in [1.82, 2.24) is 0 Å². The Bertz CT molecular complexity index is 162. The van der Waals surface area contributed by atoms with E-state index < -0.39 is 6.16 Å². The van der Waals surface area contributed by atoms with Gasteiger partial charge in [-0.25, -0.2) is 4.79 Å². The van der Waals surface area contributed by atoms with Gasteiger partial charge >= 0.3 is 6.16 Å². The zero-order valence-electron chi connectivity index (χ0n) is 8.67. The molecule has 0 atom stereocenters. The maximum atomic E-state index is 10.6. The molecule has 14 heavy (non-hydrogen) atoms. The van der Waals surface area contributed by atoms with E-state index in [1.165, 1.54) is 38.5 Å². The number of hydrogen-bond donors (Lipinski definition) is 0. The van der Waals surface area contributed by atoms with Gasteiger partial charge in [0.1, 0.15) is 7.11 Å². The third-order valence-electron chi connectivity index (χ3n) is 2.82. The highest BCUT2D eigenvalue weighted by Gasteiger charge is 2.12. The highest BCUT2D eigenvalue weighted by atomic mass is 16.7. The summed E-state index contributed by atoms with van der Waals surface area (Å²) in [6.45, 7) is 0.463. The predicted octanol–water partition coefficient (Wildman–Crippen LogP) is 3.29. The average Bonchev–Trinajstić information content (AvgIpc) is 2.25. The van der Waals surface area contributed by atoms with Gasteiger partial charge in [0.15, 0.2) is 0 Å². The van der Waals surface area contributed by atoms with Gasteiger partial charge in [-0.2, -0.15) is 0 Å². The van der Waals surface area contributed by atoms with Crippen molar-refractivity contribution < 1.29 is 14.3 Å². The lowest BCUT2D eigenvalue weighted by Crippen LogP contribution is -2.09. The third kappa shape index (κ3) is 4.49. The van der Waals surface area contributed by atoms with E-state index >= 15 is 0 Å². The van der Waals surface area contributed by atoms with Crippen molar-refractivity contribution in [2.75, 3.05) is 6.61 Å². The second-order valence-electron chi connectivity index (χ2n) is 3.89. The molecular weight excluding hydrogens is 180 g/mol. The van der Waals surface area contributed by atoms with Crippen LogP contribution in [0.25, 0.3) is 0 Å². The molecule has 0 aliphatic heterocycles. The first kappa shape index (κ1) is 11.3. The summed E-state index contributed by atoms with van der Waals surface area (Å²) in [4.78, 5) is 10.6. The van der Waals surface area contributed by atoms with Crippen LogP contribution in [0.4, 0.5) is 4.79 Å². The van der Waals surface area contributed by atoms with Crippen LogP contribution in [-0.2, 0) is 9.47 Å². The lowest BCUT2D eigenvalue weighted by atomic mass is 9.86. The van der Waals surface area contributed by atoms with Crippen molar-refractivity contribution in [1.29, 1.82) is 0 Å². The SMILES string of the molecule is [CH2]OC(=O)OCCCC1CCCCC1. The van der Waals surface area contributed by atoms with Gasteiger partial charge in [0.25, 0.3) is 0 Å². The molecule has 0 spiro atoms. The monoisotopic (exact) mass is 199 g/mol. The molecule has 1 radical (unpaired) electrons. The Kier molecular flexibility index (Phi) is 5.42. The van der Waals surface area contributed by atoms with Crippen LogP contribution in [-0.4, -0.2) is 12.8 Å². The molecule has 0 heterocycles. The molecular formula is C11H19O3. The van der Waals surface area contributed by atoms with Crippen LogP contribution in [0.3, 0.4) is 0 Å². The largest absolute Gasteiger partial charge is 0.508 e. The fourth-order valence-corrected chi connectivity index (χ4v) is 2.04. The lowest BCUT2D eigenvalue weighted by molar-refractivity contribution is 0.0798. The first-order valence-electron chi connectivity index (χ1n) is 5.41. The molecule has 1 saturated carbocycles. The summed E-state index contributed by atoms with van der Waals surface area (Å²) >= 11 is 0. The molecule has 1 aliphatic rings. The minimum Gasteiger partial charge on any atom is -0.434 e. The second-order valence-corrected chi connectivity index (χ2v) is 3.89. The summed E-state index contributed by atoms with van der Waals surface area (Å²) in [6, 6.07) is 0. The van der Waals surface area contributed by atoms with Gasteiger partial charge < -0.3 is 9.47 Å². The number of hydrogen-bond acceptors (Lipinski definition) is 3. The van der Waals surface area contributed by atoms with Crippen molar-refractivity contribution in [3.05, 3.63) is 7.11 Å². The van der Waals surface area contributed by atoms with Crippen LogP contribution in [0.5, 0.6) is 0 Å². The predicted molar refractivity (Wildman–Crippen MR) is 53.6 cm³/mol. The minimum absolute atomic E-state index is 0.463. The first-order valence-corrected chi connectivity index (χ1v) is 5.41. The van der Waals surface area contributed by atoms with Gasteiger partial charge in [0.2, 0.25) is 0 Å². The molecule has 81 valence electrons. The van der Waals surface area contributed by atoms with Gasteiger partial charge in [0, 0.05) is 0 Å². The van der Waals surface area contributed by atoms with Gasteiger partial charge in [-0.3, -0.25) is 0 Å². The molecule has 3 heteroatoms. The molecule has 0 N–H and O–H groups in total. The van der Waals surface area contributed by atoms with Crippen LogP contribution in [0, 0.1) is 13.0 Å². The summed E-state index contributed by atoms with van der Waals surface area (Å²) in [5, 5.41) is 0. The molecule has 0 aromatic rings. The Hall–Kier alpha value is -0.730. The minimum atomic E-state index is -0.673. The second kappa shape index (κ2) is 6.68. The van der Waals surface area contributed by atoms with Crippen LogP contribution in [0.1, 0.15) is 44.9 Å². The molecule has 3 nitrogen and oxygen atoms in total. The van der Waals surface area contributed by atoms with E-state index in [2.05, 4.69) is 11.8 Å². The van der Waals surface area contributed by atoms with E-state index in [0.29, 0.717) is 6.61 Å². The van der Waals surface area contributed by atoms with E-state index in [1.807, 2.05) is 0 Å². The van der Waals surface area contributed by atoms with Crippen molar-refractivity contribution >= 4 is 6.16 Å². The van der Waals surface area contributed by atoms with E-state index in [-0.39, 0.29) is 0 Å². The van der Waals surface area contributed by atoms with E-state index in [4.69, 9.17) is 4.74 Å². The molecule has 0 saturated heterocycles. The zero-order valence-corrected chi connectivity index (χ0v) is 8.67. The Morgan fingerprint density at radius 1 is 1.29 bits per heavy atom. The third-order valence-corrected chi connectivity index (χ3v) is 2.82. The number of rotatable bonds is 4. The van der Waals surface area contributed by atoms with Crippen molar-refractivity contribution in [3.8, 4) is 0 Å². The smallest absolute Gasteiger partial charge is 0.434 e. The van der Waals surface area contributed by atoms with Crippen LogP contribution < -0.4 is 0 Å². The average molecular weight is 199 g/mol. The van der Waals surface area contributed by atoms with Crippen LogP contribution in [0.15, 0.2) is 0 Å². The van der Waals surface area contributed by atoms with Crippen molar-refractivity contribution in [2.45, 2.75) is 44.9 Å². The van der Waals surface area contributed by atoms with Gasteiger partial charge in [-0.1, -0.05) is 32.1 Å². The highest BCUT2D eigenvalue weighted by Crippen LogP contribution is 2.27. The van der Waals surface area contributed by atoms with Gasteiger partial charge in [-0.05, 0) is 18.8 Å². The van der Waals surface area contributed by atoms with Crippen LogP contribution >= 0.6 is 0 Å². The Balaban J connectivity index is 1.94. The van der Waals surface area contributed by atoms with E-state index in [9.17, 15) is 4.79 Å². The van der Waals surface area contributed by atoms with Crippen LogP contribution in [0.2, 0.25) is 0 Å². The molecule has 0 aromatic heterocycles. The summed E-state index contributed by atoms with van der Waals surface area (Å²) in [7, 11) is 2.98. The molecule has 1 aliphatic carbocycles. The zero-order chi connectivity index (χ0) is 10.2. The molecule has 1 rings (SSSR count). The first-order chi connectivity index (χ1) is 6.83.